The van der Waals surface area contributed by atoms with Crippen LogP contribution in [0.4, 0.5) is 10.7 Å². The van der Waals surface area contributed by atoms with Crippen LogP contribution < -0.4 is 10.6 Å². The molecule has 0 saturated carbocycles. The lowest BCUT2D eigenvalue weighted by Gasteiger charge is -2.21. The Balaban J connectivity index is 2.00. The smallest absolute Gasteiger partial charge is 0.328 e. The van der Waals surface area contributed by atoms with Gasteiger partial charge in [-0.05, 0) is 13.2 Å². The Labute approximate surface area is 179 Å². The number of aliphatic hydroxyl groups excluding tert-OH is 4. The SMILES string of the molecule is CSc1ncc2nc(NC(=O)N[C@H](C(=O)O)[C@@H](C)O)n([C@@H]3O[C@H](CO)[C@@H](O)[C@H]3O)c2n1. The number of ether oxygens (including phenoxy) is 1. The predicted octanol–water partition coefficient (Wildman–Crippen LogP) is -1.88. The lowest BCUT2D eigenvalue weighted by atomic mass is 10.1. The Bertz CT molecular complexity index is 971. The van der Waals surface area contributed by atoms with Crippen molar-refractivity contribution in [1.82, 2.24) is 24.8 Å². The van der Waals surface area contributed by atoms with Crippen LogP contribution in [-0.4, -0.2) is 100 Å². The highest BCUT2D eigenvalue weighted by Crippen LogP contribution is 2.34. The maximum Gasteiger partial charge on any atom is 0.328 e. The van der Waals surface area contributed by atoms with Crippen molar-refractivity contribution in [3.05, 3.63) is 6.20 Å². The zero-order valence-electron chi connectivity index (χ0n) is 16.4. The van der Waals surface area contributed by atoms with E-state index in [0.717, 1.165) is 0 Å². The molecule has 0 aromatic carbocycles. The highest BCUT2D eigenvalue weighted by molar-refractivity contribution is 7.98. The molecule has 1 aliphatic rings. The second-order valence-corrected chi connectivity index (χ2v) is 7.53. The number of urea groups is 1. The number of aliphatic carboxylic acids is 1. The summed E-state index contributed by atoms with van der Waals surface area (Å²) in [5.41, 5.74) is 0.381. The minimum absolute atomic E-state index is 0.162. The molecular formula is C16H22N6O8S. The van der Waals surface area contributed by atoms with Crippen molar-refractivity contribution < 1.29 is 39.9 Å². The number of aromatic nitrogens is 4. The molecule has 0 aliphatic carbocycles. The van der Waals surface area contributed by atoms with Crippen LogP contribution in [0.2, 0.25) is 0 Å². The van der Waals surface area contributed by atoms with Crippen LogP contribution in [0, 0.1) is 0 Å². The van der Waals surface area contributed by atoms with E-state index in [0.29, 0.717) is 5.16 Å². The lowest BCUT2D eigenvalue weighted by Crippen LogP contribution is -2.49. The number of hydrogen-bond donors (Lipinski definition) is 7. The van der Waals surface area contributed by atoms with Gasteiger partial charge in [0.05, 0.1) is 18.9 Å². The number of fused-ring (bicyclic) bond motifs is 1. The summed E-state index contributed by atoms with van der Waals surface area (Å²) in [6.07, 6.45) is -3.53. The summed E-state index contributed by atoms with van der Waals surface area (Å²) in [5, 5.41) is 53.4. The van der Waals surface area contributed by atoms with E-state index in [-0.39, 0.29) is 17.1 Å². The summed E-state index contributed by atoms with van der Waals surface area (Å²) < 4.78 is 6.75. The van der Waals surface area contributed by atoms with Crippen molar-refractivity contribution in [3.63, 3.8) is 0 Å². The predicted molar refractivity (Wildman–Crippen MR) is 105 cm³/mol. The van der Waals surface area contributed by atoms with E-state index in [2.05, 4.69) is 25.6 Å². The number of hydrogen-bond acceptors (Lipinski definition) is 11. The molecule has 7 N–H and O–H groups in total. The van der Waals surface area contributed by atoms with E-state index in [1.54, 1.807) is 6.26 Å². The molecule has 31 heavy (non-hydrogen) atoms. The number of thioether (sulfide) groups is 1. The van der Waals surface area contributed by atoms with Gasteiger partial charge in [-0.25, -0.2) is 24.5 Å². The van der Waals surface area contributed by atoms with Gasteiger partial charge in [-0.1, -0.05) is 11.8 Å². The van der Waals surface area contributed by atoms with Crippen molar-refractivity contribution in [2.45, 2.75) is 48.8 Å². The summed E-state index contributed by atoms with van der Waals surface area (Å²) in [6, 6.07) is -2.59. The van der Waals surface area contributed by atoms with Gasteiger partial charge in [0.1, 0.15) is 23.8 Å². The number of nitrogens with one attached hydrogen (secondary N) is 2. The number of rotatable bonds is 7. The molecular weight excluding hydrogens is 436 g/mol. The number of anilines is 1. The molecule has 14 nitrogen and oxygen atoms in total. The number of carbonyl (C=O) groups excluding carboxylic acids is 1. The van der Waals surface area contributed by atoms with E-state index in [1.165, 1.54) is 29.4 Å². The van der Waals surface area contributed by atoms with Crippen molar-refractivity contribution >= 4 is 40.9 Å². The third kappa shape index (κ3) is 4.56. The van der Waals surface area contributed by atoms with Crippen LogP contribution in [0.15, 0.2) is 11.4 Å². The topological polar surface area (TPSA) is 212 Å². The van der Waals surface area contributed by atoms with Gasteiger partial charge in [0.2, 0.25) is 5.95 Å². The van der Waals surface area contributed by atoms with Gasteiger partial charge in [-0.3, -0.25) is 9.88 Å². The molecule has 0 spiro atoms. The third-order valence-electron chi connectivity index (χ3n) is 4.63. The summed E-state index contributed by atoms with van der Waals surface area (Å²) >= 11 is 1.23. The van der Waals surface area contributed by atoms with Crippen LogP contribution in [0.1, 0.15) is 13.2 Å². The third-order valence-corrected chi connectivity index (χ3v) is 5.19. The number of carbonyl (C=O) groups is 2. The van der Waals surface area contributed by atoms with Gasteiger partial charge in [0.15, 0.2) is 23.1 Å². The minimum atomic E-state index is -1.59. The number of carboxylic acid groups (broad SMARTS) is 1. The molecule has 6 atom stereocenters. The monoisotopic (exact) mass is 458 g/mol. The molecule has 170 valence electrons. The first-order valence-corrected chi connectivity index (χ1v) is 10.3. The molecule has 0 radical (unpaired) electrons. The molecule has 0 bridgehead atoms. The van der Waals surface area contributed by atoms with Gasteiger partial charge in [0, 0.05) is 0 Å². The van der Waals surface area contributed by atoms with Gasteiger partial charge >= 0.3 is 12.0 Å². The fraction of sp³-hybridized carbons (Fsp3) is 0.562. The molecule has 1 fully saturated rings. The Morgan fingerprint density at radius 2 is 2.03 bits per heavy atom. The maximum absolute atomic E-state index is 12.4. The van der Waals surface area contributed by atoms with Crippen LogP contribution in [0.5, 0.6) is 0 Å². The molecule has 0 unspecified atom stereocenters. The first-order chi connectivity index (χ1) is 14.7. The molecule has 3 heterocycles. The first kappa shape index (κ1) is 23.1. The number of nitrogens with zero attached hydrogens (tertiary/aromatic N) is 4. The molecule has 2 aromatic rings. The van der Waals surface area contributed by atoms with Crippen LogP contribution >= 0.6 is 11.8 Å². The fourth-order valence-corrected chi connectivity index (χ4v) is 3.40. The average Bonchev–Trinajstić information content (AvgIpc) is 3.21. The number of carboxylic acids is 1. The van der Waals surface area contributed by atoms with Crippen LogP contribution in [0.3, 0.4) is 0 Å². The van der Waals surface area contributed by atoms with Gasteiger partial charge < -0.3 is 35.6 Å². The van der Waals surface area contributed by atoms with E-state index in [4.69, 9.17) is 9.84 Å². The van der Waals surface area contributed by atoms with Crippen molar-refractivity contribution in [2.24, 2.45) is 0 Å². The number of aliphatic hydroxyl groups is 4. The Morgan fingerprint density at radius 1 is 1.32 bits per heavy atom. The largest absolute Gasteiger partial charge is 0.480 e. The minimum Gasteiger partial charge on any atom is -0.480 e. The molecule has 2 amide bonds. The molecule has 15 heteroatoms. The quantitative estimate of drug-likeness (QED) is 0.179. The molecule has 2 aromatic heterocycles. The fourth-order valence-electron chi connectivity index (χ4n) is 3.06. The summed E-state index contributed by atoms with van der Waals surface area (Å²) in [7, 11) is 0. The second kappa shape index (κ2) is 9.29. The Morgan fingerprint density at radius 3 is 2.58 bits per heavy atom. The number of amides is 2. The molecule has 1 saturated heterocycles. The standard InChI is InChI=1S/C16H22N6O8S/c1-5(24)8(13(27)28)19-15(29)21-14-18-6-3-17-16(31-2)20-11(6)22(14)12-10(26)9(25)7(4-23)30-12/h3,5,7-10,12,23-26H,4H2,1-2H3,(H,27,28)(H2,18,19,21,29)/t5-,7-,8+,9-,10-,12-/m1/s1. The van der Waals surface area contributed by atoms with Gasteiger partial charge in [-0.2, -0.15) is 0 Å². The number of imidazole rings is 1. The van der Waals surface area contributed by atoms with Crippen molar-refractivity contribution in [3.8, 4) is 0 Å². The second-order valence-electron chi connectivity index (χ2n) is 6.75. The highest BCUT2D eigenvalue weighted by atomic mass is 32.2. The summed E-state index contributed by atoms with van der Waals surface area (Å²) in [4.78, 5) is 36.2. The Hall–Kier alpha value is -2.56. The van der Waals surface area contributed by atoms with E-state index >= 15 is 0 Å². The van der Waals surface area contributed by atoms with Gasteiger partial charge in [-0.15, -0.1) is 0 Å². The highest BCUT2D eigenvalue weighted by Gasteiger charge is 2.45. The molecule has 1 aliphatic heterocycles. The maximum atomic E-state index is 12.4. The van der Waals surface area contributed by atoms with E-state index < -0.39 is 55.3 Å². The molecule has 3 rings (SSSR count). The summed E-state index contributed by atoms with van der Waals surface area (Å²) in [5.74, 6) is -1.64. The van der Waals surface area contributed by atoms with Crippen molar-refractivity contribution in [2.75, 3.05) is 18.2 Å². The van der Waals surface area contributed by atoms with Gasteiger partial charge in [0.25, 0.3) is 0 Å². The Kier molecular flexibility index (Phi) is 6.93. The first-order valence-electron chi connectivity index (χ1n) is 9.07. The van der Waals surface area contributed by atoms with E-state index in [9.17, 15) is 30.0 Å². The average molecular weight is 458 g/mol. The van der Waals surface area contributed by atoms with Crippen molar-refractivity contribution in [1.29, 1.82) is 0 Å². The normalized spacial score (nSPS) is 25.4. The lowest BCUT2D eigenvalue weighted by molar-refractivity contribution is -0.141. The summed E-state index contributed by atoms with van der Waals surface area (Å²) in [6.45, 7) is 0.636. The zero-order valence-corrected chi connectivity index (χ0v) is 17.2. The van der Waals surface area contributed by atoms with E-state index in [1.807, 2.05) is 0 Å². The zero-order chi connectivity index (χ0) is 22.9. The van der Waals surface area contributed by atoms with Crippen LogP contribution in [-0.2, 0) is 9.53 Å². The van der Waals surface area contributed by atoms with Crippen LogP contribution in [0.25, 0.3) is 11.2 Å².